The Balaban J connectivity index is 1.90. The van der Waals surface area contributed by atoms with Crippen molar-refractivity contribution in [1.29, 1.82) is 0 Å². The number of rotatable bonds is 6. The van der Waals surface area contributed by atoms with Gasteiger partial charge in [-0.2, -0.15) is 18.2 Å². The number of aryl methyl sites for hydroxylation is 1. The zero-order valence-corrected chi connectivity index (χ0v) is 17.5. The molecule has 0 fully saturated rings. The first kappa shape index (κ1) is 22.7. The van der Waals surface area contributed by atoms with Gasteiger partial charge in [-0.1, -0.05) is 48.0 Å². The van der Waals surface area contributed by atoms with Gasteiger partial charge in [-0.05, 0) is 38.0 Å². The highest BCUT2D eigenvalue weighted by molar-refractivity contribution is 6.33. The van der Waals surface area contributed by atoms with Crippen LogP contribution in [0, 0.1) is 5.41 Å². The van der Waals surface area contributed by atoms with Crippen LogP contribution in [0.25, 0.3) is 22.8 Å². The number of nitrogens with zero attached hydrogens (tertiary/aromatic N) is 2. The summed E-state index contributed by atoms with van der Waals surface area (Å²) >= 11 is 6.28. The van der Waals surface area contributed by atoms with E-state index in [2.05, 4.69) is 15.0 Å². The molecule has 3 rings (SSSR count). The third-order valence-electron chi connectivity index (χ3n) is 5.01. The van der Waals surface area contributed by atoms with Gasteiger partial charge in [0.1, 0.15) is 17.0 Å². The van der Waals surface area contributed by atoms with Crippen LogP contribution in [0.5, 0.6) is 0 Å². The molecule has 1 heterocycles. The lowest BCUT2D eigenvalue weighted by Gasteiger charge is -2.26. The van der Waals surface area contributed by atoms with Crippen LogP contribution in [0.1, 0.15) is 25.8 Å². The van der Waals surface area contributed by atoms with E-state index in [0.29, 0.717) is 21.7 Å². The number of aromatic nitrogens is 3. The molecule has 31 heavy (non-hydrogen) atoms. The molecule has 0 saturated heterocycles. The van der Waals surface area contributed by atoms with Crippen LogP contribution in [0.4, 0.5) is 13.2 Å². The van der Waals surface area contributed by atoms with E-state index >= 15 is 0 Å². The van der Waals surface area contributed by atoms with Gasteiger partial charge in [0.15, 0.2) is 5.82 Å². The molecule has 162 valence electrons. The summed E-state index contributed by atoms with van der Waals surface area (Å²) in [4.78, 5) is 35.0. The Labute approximate surface area is 181 Å². The molecular weight excluding hydrogens is 431 g/mol. The summed E-state index contributed by atoms with van der Waals surface area (Å²) < 4.78 is 39.2. The zero-order valence-electron chi connectivity index (χ0n) is 16.8. The molecule has 0 radical (unpaired) electrons. The molecule has 0 aliphatic rings. The van der Waals surface area contributed by atoms with E-state index in [4.69, 9.17) is 11.6 Å². The minimum absolute atomic E-state index is 0.0867. The molecule has 0 unspecified atom stereocenters. The third kappa shape index (κ3) is 5.02. The summed E-state index contributed by atoms with van der Waals surface area (Å²) in [6.07, 6.45) is -4.82. The Morgan fingerprint density at radius 2 is 1.74 bits per heavy atom. The van der Waals surface area contributed by atoms with Gasteiger partial charge in [-0.3, -0.25) is 9.78 Å². The van der Waals surface area contributed by atoms with Gasteiger partial charge in [0.05, 0.1) is 5.02 Å². The number of carbonyl (C=O) groups excluding carboxylic acids is 1. The number of ketones is 1. The van der Waals surface area contributed by atoms with Gasteiger partial charge in [0.25, 0.3) is 0 Å². The van der Waals surface area contributed by atoms with Crippen LogP contribution in [-0.4, -0.2) is 26.9 Å². The number of benzene rings is 2. The van der Waals surface area contributed by atoms with Crippen LogP contribution in [0.2, 0.25) is 5.02 Å². The van der Waals surface area contributed by atoms with Gasteiger partial charge >= 0.3 is 11.9 Å². The second-order valence-corrected chi connectivity index (χ2v) is 7.96. The van der Waals surface area contributed by atoms with Gasteiger partial charge in [-0.25, -0.2) is 9.78 Å². The van der Waals surface area contributed by atoms with E-state index in [1.807, 2.05) is 6.07 Å². The zero-order chi connectivity index (χ0) is 22.8. The standard InChI is InChI=1S/C22H19ClF3N3O2/c1-21(2,22(24,25)26)17(30)11-9-13-8-10-16(23)15(12-13)19-27-18(28-20(31)29-19)14-6-4-3-5-7-14/h3-8,10,12H,9,11H2,1-2H3,(H,27,28,29,31). The topological polar surface area (TPSA) is 75.7 Å². The highest BCUT2D eigenvalue weighted by Crippen LogP contribution is 2.39. The quantitative estimate of drug-likeness (QED) is 0.558. The molecule has 0 saturated carbocycles. The minimum Gasteiger partial charge on any atom is -0.299 e. The molecule has 5 nitrogen and oxygen atoms in total. The smallest absolute Gasteiger partial charge is 0.299 e. The van der Waals surface area contributed by atoms with Crippen molar-refractivity contribution < 1.29 is 18.0 Å². The van der Waals surface area contributed by atoms with E-state index in [0.717, 1.165) is 13.8 Å². The average molecular weight is 450 g/mol. The number of hydrogen-bond acceptors (Lipinski definition) is 4. The predicted molar refractivity (Wildman–Crippen MR) is 112 cm³/mol. The number of H-pyrrole nitrogens is 1. The fraction of sp³-hybridized carbons (Fsp3) is 0.273. The summed E-state index contributed by atoms with van der Waals surface area (Å²) in [5.41, 5.74) is -1.43. The fourth-order valence-electron chi connectivity index (χ4n) is 2.87. The molecular formula is C22H19ClF3N3O2. The second kappa shape index (κ2) is 8.63. The molecule has 1 aromatic heterocycles. The Morgan fingerprint density at radius 3 is 2.39 bits per heavy atom. The SMILES string of the molecule is CC(C)(C(=O)CCc1ccc(Cl)c(-c2nc(-c3ccccc3)nc(=O)[nH]2)c1)C(F)(F)F. The molecule has 2 aromatic carbocycles. The van der Waals surface area contributed by atoms with Crippen LogP contribution < -0.4 is 5.69 Å². The minimum atomic E-state index is -4.62. The maximum absolute atomic E-state index is 13.1. The lowest BCUT2D eigenvalue weighted by atomic mass is 9.84. The Hall–Kier alpha value is -3.00. The van der Waals surface area contributed by atoms with Crippen molar-refractivity contribution in [1.82, 2.24) is 15.0 Å². The van der Waals surface area contributed by atoms with E-state index in [9.17, 15) is 22.8 Å². The number of halogens is 4. The predicted octanol–water partition coefficient (Wildman–Crippen LogP) is 5.24. The number of carbonyl (C=O) groups is 1. The molecule has 0 atom stereocenters. The van der Waals surface area contributed by atoms with Crippen LogP contribution >= 0.6 is 11.6 Å². The number of alkyl halides is 3. The Kier molecular flexibility index (Phi) is 6.31. The van der Waals surface area contributed by atoms with Crippen LogP contribution in [0.3, 0.4) is 0 Å². The highest BCUT2D eigenvalue weighted by atomic mass is 35.5. The summed E-state index contributed by atoms with van der Waals surface area (Å²) in [7, 11) is 0. The number of aromatic amines is 1. The maximum Gasteiger partial charge on any atom is 0.400 e. The van der Waals surface area contributed by atoms with Gasteiger partial charge in [0, 0.05) is 17.5 Å². The van der Waals surface area contributed by atoms with E-state index in [-0.39, 0.29) is 24.5 Å². The molecule has 1 N–H and O–H groups in total. The van der Waals surface area contributed by atoms with Crippen molar-refractivity contribution >= 4 is 17.4 Å². The van der Waals surface area contributed by atoms with Crippen LogP contribution in [0.15, 0.2) is 53.3 Å². The van der Waals surface area contributed by atoms with E-state index in [1.165, 1.54) is 0 Å². The normalized spacial score (nSPS) is 12.1. The van der Waals surface area contributed by atoms with Gasteiger partial charge < -0.3 is 0 Å². The summed E-state index contributed by atoms with van der Waals surface area (Å²) in [5.74, 6) is -0.520. The number of Topliss-reactive ketones (excluding diaryl/α,β-unsaturated/α-hetero) is 1. The lowest BCUT2D eigenvalue weighted by Crippen LogP contribution is -2.39. The Bertz CT molecular complexity index is 1160. The monoisotopic (exact) mass is 449 g/mol. The van der Waals surface area contributed by atoms with Gasteiger partial charge in [0.2, 0.25) is 0 Å². The maximum atomic E-state index is 13.1. The third-order valence-corrected chi connectivity index (χ3v) is 5.34. The van der Waals surface area contributed by atoms with Crippen molar-refractivity contribution in [2.75, 3.05) is 0 Å². The summed E-state index contributed by atoms with van der Waals surface area (Å²) in [6, 6.07) is 13.7. The van der Waals surface area contributed by atoms with E-state index in [1.54, 1.807) is 42.5 Å². The number of hydrogen-bond donors (Lipinski definition) is 1. The van der Waals surface area contributed by atoms with Gasteiger partial charge in [-0.15, -0.1) is 0 Å². The second-order valence-electron chi connectivity index (χ2n) is 7.55. The van der Waals surface area contributed by atoms with Crippen molar-refractivity contribution in [3.05, 3.63) is 69.6 Å². The molecule has 0 spiro atoms. The molecule has 0 aliphatic heterocycles. The molecule has 3 aromatic rings. The van der Waals surface area contributed by atoms with Crippen molar-refractivity contribution in [2.45, 2.75) is 32.9 Å². The highest BCUT2D eigenvalue weighted by Gasteiger charge is 2.51. The molecule has 0 aliphatic carbocycles. The Morgan fingerprint density at radius 1 is 1.06 bits per heavy atom. The van der Waals surface area contributed by atoms with Crippen molar-refractivity contribution in [3.8, 4) is 22.8 Å². The van der Waals surface area contributed by atoms with Crippen LogP contribution in [-0.2, 0) is 11.2 Å². The van der Waals surface area contributed by atoms with Crippen molar-refractivity contribution in [2.24, 2.45) is 5.41 Å². The first-order valence-corrected chi connectivity index (χ1v) is 9.79. The number of nitrogens with one attached hydrogen (secondary N) is 1. The average Bonchev–Trinajstić information content (AvgIpc) is 2.72. The summed E-state index contributed by atoms with van der Waals surface area (Å²) in [5, 5.41) is 0.291. The molecule has 0 bridgehead atoms. The summed E-state index contributed by atoms with van der Waals surface area (Å²) in [6.45, 7) is 1.75. The fourth-order valence-corrected chi connectivity index (χ4v) is 3.07. The van der Waals surface area contributed by atoms with Crippen molar-refractivity contribution in [3.63, 3.8) is 0 Å². The van der Waals surface area contributed by atoms with E-state index < -0.39 is 23.1 Å². The first-order chi connectivity index (χ1) is 14.5. The molecule has 9 heteroatoms. The largest absolute Gasteiger partial charge is 0.400 e. The lowest BCUT2D eigenvalue weighted by molar-refractivity contribution is -0.210. The molecule has 0 amide bonds. The first-order valence-electron chi connectivity index (χ1n) is 9.41.